The SMILES string of the molecule is O=C(O)CCCC=CC[C@H]1[C@H](COCCOCC(=O)O)[C@@H]2C[C@@]1(c1ccc(F)cc1)CO2. The van der Waals surface area contributed by atoms with Crippen molar-refractivity contribution in [3.8, 4) is 0 Å². The maximum absolute atomic E-state index is 13.5. The average Bonchev–Trinajstić information content (AvgIpc) is 3.31. The first-order valence-corrected chi connectivity index (χ1v) is 11.0. The van der Waals surface area contributed by atoms with Crippen LogP contribution in [0.25, 0.3) is 0 Å². The Morgan fingerprint density at radius 3 is 2.59 bits per heavy atom. The Bertz CT molecular complexity index is 794. The van der Waals surface area contributed by atoms with Crippen LogP contribution in [0.2, 0.25) is 0 Å². The van der Waals surface area contributed by atoms with Gasteiger partial charge in [-0.25, -0.2) is 9.18 Å². The molecule has 1 aliphatic heterocycles. The zero-order chi connectivity index (χ0) is 23.0. The van der Waals surface area contributed by atoms with Gasteiger partial charge in [-0.05, 0) is 49.3 Å². The van der Waals surface area contributed by atoms with Crippen molar-refractivity contribution < 1.29 is 38.4 Å². The molecule has 1 aromatic carbocycles. The molecule has 1 saturated heterocycles. The quantitative estimate of drug-likeness (QED) is 0.331. The molecule has 4 atom stereocenters. The van der Waals surface area contributed by atoms with Crippen LogP contribution in [-0.4, -0.2) is 61.3 Å². The summed E-state index contributed by atoms with van der Waals surface area (Å²) in [7, 11) is 0. The van der Waals surface area contributed by atoms with Crippen LogP contribution in [0.4, 0.5) is 4.39 Å². The summed E-state index contributed by atoms with van der Waals surface area (Å²) in [5.41, 5.74) is 0.857. The highest BCUT2D eigenvalue weighted by atomic mass is 19.1. The van der Waals surface area contributed by atoms with Crippen molar-refractivity contribution in [2.45, 2.75) is 43.6 Å². The molecule has 1 aromatic rings. The number of halogens is 1. The minimum absolute atomic E-state index is 0.0467. The van der Waals surface area contributed by atoms with Crippen LogP contribution in [0.3, 0.4) is 0 Å². The molecule has 0 radical (unpaired) electrons. The maximum Gasteiger partial charge on any atom is 0.329 e. The number of unbranched alkanes of at least 4 members (excludes halogenated alkanes) is 1. The molecule has 2 aliphatic rings. The number of rotatable bonds is 14. The van der Waals surface area contributed by atoms with Gasteiger partial charge in [0.05, 0.1) is 32.5 Å². The summed E-state index contributed by atoms with van der Waals surface area (Å²) < 4.78 is 30.5. The number of benzene rings is 1. The molecule has 7 nitrogen and oxygen atoms in total. The predicted octanol–water partition coefficient (Wildman–Crippen LogP) is 3.42. The monoisotopic (exact) mass is 450 g/mol. The van der Waals surface area contributed by atoms with Crippen LogP contribution >= 0.6 is 0 Å². The highest BCUT2D eigenvalue weighted by Crippen LogP contribution is 2.56. The van der Waals surface area contributed by atoms with E-state index < -0.39 is 11.9 Å². The van der Waals surface area contributed by atoms with Crippen molar-refractivity contribution >= 4 is 11.9 Å². The first-order valence-electron chi connectivity index (χ1n) is 11.0. The number of ether oxygens (including phenoxy) is 3. The van der Waals surface area contributed by atoms with E-state index in [1.54, 1.807) is 0 Å². The van der Waals surface area contributed by atoms with Gasteiger partial charge in [-0.15, -0.1) is 0 Å². The van der Waals surface area contributed by atoms with Crippen molar-refractivity contribution in [2.75, 3.05) is 33.0 Å². The van der Waals surface area contributed by atoms with Crippen LogP contribution < -0.4 is 0 Å². The van der Waals surface area contributed by atoms with Gasteiger partial charge >= 0.3 is 11.9 Å². The summed E-state index contributed by atoms with van der Waals surface area (Å²) in [6.45, 7) is 1.22. The molecule has 2 bridgehead atoms. The Balaban J connectivity index is 1.64. The number of hydrogen-bond acceptors (Lipinski definition) is 5. The molecule has 1 aliphatic carbocycles. The number of carboxylic acid groups (broad SMARTS) is 2. The third kappa shape index (κ3) is 6.15. The van der Waals surface area contributed by atoms with Crippen molar-refractivity contribution in [1.29, 1.82) is 0 Å². The molecule has 1 saturated carbocycles. The number of carboxylic acids is 2. The van der Waals surface area contributed by atoms with E-state index in [0.29, 0.717) is 32.7 Å². The molecule has 3 rings (SSSR count). The van der Waals surface area contributed by atoms with Crippen molar-refractivity contribution in [1.82, 2.24) is 0 Å². The summed E-state index contributed by atoms with van der Waals surface area (Å²) in [5.74, 6) is -1.68. The largest absolute Gasteiger partial charge is 0.481 e. The lowest BCUT2D eigenvalue weighted by atomic mass is 9.69. The molecule has 32 heavy (non-hydrogen) atoms. The van der Waals surface area contributed by atoms with Gasteiger partial charge in [0.1, 0.15) is 12.4 Å². The minimum Gasteiger partial charge on any atom is -0.481 e. The lowest BCUT2D eigenvalue weighted by Crippen LogP contribution is -2.41. The van der Waals surface area contributed by atoms with E-state index in [1.165, 1.54) is 12.1 Å². The van der Waals surface area contributed by atoms with E-state index in [-0.39, 0.29) is 48.8 Å². The van der Waals surface area contributed by atoms with Crippen LogP contribution in [0.15, 0.2) is 36.4 Å². The summed E-state index contributed by atoms with van der Waals surface area (Å²) in [6.07, 6.45) is 7.31. The Labute approximate surface area is 187 Å². The number of allylic oxidation sites excluding steroid dienone is 2. The third-order valence-corrected chi connectivity index (χ3v) is 6.47. The van der Waals surface area contributed by atoms with Gasteiger partial charge in [0.15, 0.2) is 0 Å². The third-order valence-electron chi connectivity index (χ3n) is 6.47. The van der Waals surface area contributed by atoms with E-state index in [9.17, 15) is 14.0 Å². The van der Waals surface area contributed by atoms with Crippen LogP contribution in [-0.2, 0) is 29.2 Å². The van der Waals surface area contributed by atoms with Crippen molar-refractivity contribution in [3.63, 3.8) is 0 Å². The highest BCUT2D eigenvalue weighted by Gasteiger charge is 2.59. The standard InChI is InChI=1S/C24H31FO7/c25-18-9-7-17(8-10-18)24-13-21(32-16-24)19(14-30-11-12-31-15-23(28)29)20(24)5-3-1-2-4-6-22(26)27/h1,3,7-10,19-21H,2,4-6,11-16H2,(H,26,27)(H,28,29)/t19-,20-,21-,24-/m0/s1. The summed E-state index contributed by atoms with van der Waals surface area (Å²) >= 11 is 0. The Morgan fingerprint density at radius 2 is 1.88 bits per heavy atom. The Morgan fingerprint density at radius 1 is 1.12 bits per heavy atom. The van der Waals surface area contributed by atoms with Gasteiger partial charge in [-0.1, -0.05) is 24.3 Å². The van der Waals surface area contributed by atoms with Gasteiger partial charge < -0.3 is 24.4 Å². The zero-order valence-electron chi connectivity index (χ0n) is 18.1. The normalized spacial score (nSPS) is 26.7. The zero-order valence-corrected chi connectivity index (χ0v) is 18.1. The van der Waals surface area contributed by atoms with Gasteiger partial charge in [0.2, 0.25) is 0 Å². The second kappa shape index (κ2) is 11.5. The fraction of sp³-hybridized carbons (Fsp3) is 0.583. The second-order valence-electron chi connectivity index (χ2n) is 8.50. The fourth-order valence-corrected chi connectivity index (χ4v) is 4.98. The van der Waals surface area contributed by atoms with Gasteiger partial charge in [0, 0.05) is 17.8 Å². The lowest BCUT2D eigenvalue weighted by Gasteiger charge is -2.39. The highest BCUT2D eigenvalue weighted by molar-refractivity contribution is 5.68. The Hall–Kier alpha value is -2.29. The van der Waals surface area contributed by atoms with E-state index >= 15 is 0 Å². The molecule has 2 N–H and O–H groups in total. The van der Waals surface area contributed by atoms with Crippen LogP contribution in [0.5, 0.6) is 0 Å². The van der Waals surface area contributed by atoms with Gasteiger partial charge in [-0.3, -0.25) is 4.79 Å². The first-order chi connectivity index (χ1) is 15.4. The summed E-state index contributed by atoms with van der Waals surface area (Å²) in [6, 6.07) is 6.65. The minimum atomic E-state index is -1.01. The van der Waals surface area contributed by atoms with E-state index in [1.807, 2.05) is 18.2 Å². The molecular weight excluding hydrogens is 419 g/mol. The molecule has 0 amide bonds. The topological polar surface area (TPSA) is 102 Å². The molecule has 0 spiro atoms. The Kier molecular flexibility index (Phi) is 8.78. The number of fused-ring (bicyclic) bond motifs is 2. The van der Waals surface area contributed by atoms with E-state index in [0.717, 1.165) is 18.4 Å². The maximum atomic E-state index is 13.5. The van der Waals surface area contributed by atoms with Gasteiger partial charge in [-0.2, -0.15) is 0 Å². The van der Waals surface area contributed by atoms with Crippen molar-refractivity contribution in [2.24, 2.45) is 11.8 Å². The smallest absolute Gasteiger partial charge is 0.329 e. The number of aliphatic carboxylic acids is 2. The lowest BCUT2D eigenvalue weighted by molar-refractivity contribution is -0.143. The van der Waals surface area contributed by atoms with E-state index in [2.05, 4.69) is 6.08 Å². The second-order valence-corrected chi connectivity index (χ2v) is 8.50. The first kappa shape index (κ1) is 24.4. The fourth-order valence-electron chi connectivity index (χ4n) is 4.98. The number of carbonyl (C=O) groups is 2. The average molecular weight is 451 g/mol. The molecule has 176 valence electrons. The molecular formula is C24H31FO7. The van der Waals surface area contributed by atoms with Crippen molar-refractivity contribution in [3.05, 3.63) is 47.8 Å². The molecule has 0 unspecified atom stereocenters. The summed E-state index contributed by atoms with van der Waals surface area (Å²) in [5, 5.41) is 17.4. The molecule has 1 heterocycles. The molecule has 0 aromatic heterocycles. The molecule has 8 heteroatoms. The van der Waals surface area contributed by atoms with Gasteiger partial charge in [0.25, 0.3) is 0 Å². The van der Waals surface area contributed by atoms with E-state index in [4.69, 9.17) is 24.4 Å². The van der Waals surface area contributed by atoms with Crippen LogP contribution in [0.1, 0.15) is 37.7 Å². The molecule has 2 fully saturated rings. The number of hydrogen-bond donors (Lipinski definition) is 2. The summed E-state index contributed by atoms with van der Waals surface area (Å²) in [4.78, 5) is 21.2. The van der Waals surface area contributed by atoms with Crippen LogP contribution in [0, 0.1) is 17.7 Å². The predicted molar refractivity (Wildman–Crippen MR) is 114 cm³/mol.